The van der Waals surface area contributed by atoms with Gasteiger partial charge in [-0.25, -0.2) is 15.0 Å². The highest BCUT2D eigenvalue weighted by molar-refractivity contribution is 6.13. The highest BCUT2D eigenvalue weighted by Crippen LogP contribution is 2.10. The molecular weight excluding hydrogens is 620 g/mol. The van der Waals surface area contributed by atoms with Crippen molar-refractivity contribution in [3.63, 3.8) is 0 Å². The Bertz CT molecular complexity index is 1280. The molecule has 0 fully saturated rings. The van der Waals surface area contributed by atoms with E-state index < -0.39 is 47.3 Å². The van der Waals surface area contributed by atoms with Crippen molar-refractivity contribution in [2.45, 2.75) is 52.4 Å². The Morgan fingerprint density at radius 2 is 1.53 bits per heavy atom. The standard InChI is InChI=1S/C20H22N4O7.C9H20N4O3/c1-13(22-16(26)8-9-24-18(28)6-7-19(24)29)20(30)21-10-17(27)23-15-4-2-14(3-5-15)11-31-12-25;1-9(2,3)16-8(15)12-6-5-11-7(14)13-10-4/h2-7,12-13H,8-11H2,1H3,(H,21,30)(H,22,26)(H,23,27);10H,5-6H2,1-4H3,(H,12,15)(H2,11,13,14). The van der Waals surface area contributed by atoms with Crippen LogP contribution in [0.4, 0.5) is 15.3 Å². The monoisotopic (exact) mass is 662 g/mol. The maximum absolute atomic E-state index is 12.1. The number of anilines is 1. The van der Waals surface area contributed by atoms with E-state index in [2.05, 4.69) is 42.2 Å². The molecule has 47 heavy (non-hydrogen) atoms. The second-order valence-electron chi connectivity index (χ2n) is 10.6. The van der Waals surface area contributed by atoms with Crippen LogP contribution < -0.4 is 37.4 Å². The molecule has 1 aliphatic heterocycles. The molecule has 1 heterocycles. The van der Waals surface area contributed by atoms with E-state index in [9.17, 15) is 38.4 Å². The van der Waals surface area contributed by atoms with Crippen LogP contribution in [0.25, 0.3) is 0 Å². The summed E-state index contributed by atoms with van der Waals surface area (Å²) in [5.41, 5.74) is 5.53. The lowest BCUT2D eigenvalue weighted by molar-refractivity contribution is -0.137. The lowest BCUT2D eigenvalue weighted by atomic mass is 10.2. The van der Waals surface area contributed by atoms with Crippen molar-refractivity contribution in [1.29, 1.82) is 0 Å². The predicted octanol–water partition coefficient (Wildman–Crippen LogP) is -0.821. The minimum Gasteiger partial charge on any atom is -0.463 e. The van der Waals surface area contributed by atoms with Gasteiger partial charge in [0.25, 0.3) is 18.3 Å². The van der Waals surface area contributed by atoms with Gasteiger partial charge in [0.05, 0.1) is 6.54 Å². The van der Waals surface area contributed by atoms with Gasteiger partial charge in [0.15, 0.2) is 0 Å². The summed E-state index contributed by atoms with van der Waals surface area (Å²) >= 11 is 0. The van der Waals surface area contributed by atoms with Crippen molar-refractivity contribution in [2.75, 3.05) is 38.5 Å². The Hall–Kier alpha value is -5.52. The van der Waals surface area contributed by atoms with Crippen LogP contribution in [0.3, 0.4) is 0 Å². The van der Waals surface area contributed by atoms with Crippen molar-refractivity contribution in [3.8, 4) is 0 Å². The summed E-state index contributed by atoms with van der Waals surface area (Å²) < 4.78 is 9.63. The summed E-state index contributed by atoms with van der Waals surface area (Å²) in [6.07, 6.45) is 1.60. The number of ether oxygens (including phenoxy) is 2. The number of carbonyl (C=O) groups excluding carboxylic acids is 8. The molecule has 18 nitrogen and oxygen atoms in total. The van der Waals surface area contributed by atoms with Crippen LogP contribution in [-0.2, 0) is 44.8 Å². The minimum atomic E-state index is -0.916. The zero-order valence-electron chi connectivity index (χ0n) is 26.9. The Balaban J connectivity index is 0.000000584. The van der Waals surface area contributed by atoms with Gasteiger partial charge in [0.2, 0.25) is 17.7 Å². The second kappa shape index (κ2) is 20.5. The average molecular weight is 663 g/mol. The maximum atomic E-state index is 12.1. The molecule has 0 aliphatic carbocycles. The topological polar surface area (TPSA) is 242 Å². The number of hydrogen-bond donors (Lipinski definition) is 7. The molecule has 0 saturated carbocycles. The predicted molar refractivity (Wildman–Crippen MR) is 167 cm³/mol. The van der Waals surface area contributed by atoms with Gasteiger partial charge in [-0.1, -0.05) is 12.1 Å². The van der Waals surface area contributed by atoms with Gasteiger partial charge in [-0.2, -0.15) is 0 Å². The molecule has 0 radical (unpaired) electrons. The van der Waals surface area contributed by atoms with E-state index in [0.717, 1.165) is 22.6 Å². The molecule has 1 aromatic rings. The molecule has 1 unspecified atom stereocenters. The third kappa shape index (κ3) is 17.5. The summed E-state index contributed by atoms with van der Waals surface area (Å²) in [6.45, 7) is 7.50. The second-order valence-corrected chi connectivity index (χ2v) is 10.6. The number of imide groups is 1. The first kappa shape index (κ1) is 39.5. The number of amides is 8. The maximum Gasteiger partial charge on any atom is 0.407 e. The molecule has 2 rings (SSSR count). The number of carbonyl (C=O) groups is 8. The van der Waals surface area contributed by atoms with Gasteiger partial charge in [-0.05, 0) is 45.4 Å². The van der Waals surface area contributed by atoms with Crippen LogP contribution in [0.1, 0.15) is 39.7 Å². The molecule has 7 N–H and O–H groups in total. The molecule has 0 spiro atoms. The van der Waals surface area contributed by atoms with E-state index in [1.807, 2.05) is 0 Å². The number of benzene rings is 1. The lowest BCUT2D eigenvalue weighted by Crippen LogP contribution is -2.47. The smallest absolute Gasteiger partial charge is 0.407 e. The van der Waals surface area contributed by atoms with Crippen molar-refractivity contribution in [3.05, 3.63) is 42.0 Å². The summed E-state index contributed by atoms with van der Waals surface area (Å²) in [4.78, 5) is 92.0. The molecule has 258 valence electrons. The summed E-state index contributed by atoms with van der Waals surface area (Å²) in [5, 5.41) is 12.5. The molecule has 1 atom stereocenters. The van der Waals surface area contributed by atoms with E-state index >= 15 is 0 Å². The number of rotatable bonds is 15. The van der Waals surface area contributed by atoms with Crippen LogP contribution in [0.2, 0.25) is 0 Å². The van der Waals surface area contributed by atoms with Crippen molar-refractivity contribution in [2.24, 2.45) is 0 Å². The van der Waals surface area contributed by atoms with Crippen LogP contribution in [0, 0.1) is 0 Å². The number of alkyl carbamates (subject to hydrolysis) is 1. The lowest BCUT2D eigenvalue weighted by Gasteiger charge is -2.19. The van der Waals surface area contributed by atoms with Crippen molar-refractivity contribution >= 4 is 53.8 Å². The van der Waals surface area contributed by atoms with Gasteiger partial charge >= 0.3 is 12.1 Å². The van der Waals surface area contributed by atoms with Gasteiger partial charge in [-0.15, -0.1) is 0 Å². The molecule has 0 aromatic heterocycles. The summed E-state index contributed by atoms with van der Waals surface area (Å²) in [5.74, 6) is -2.53. The fraction of sp³-hybridized carbons (Fsp3) is 0.448. The third-order valence-electron chi connectivity index (χ3n) is 5.53. The Morgan fingerprint density at radius 3 is 2.11 bits per heavy atom. The summed E-state index contributed by atoms with van der Waals surface area (Å²) in [6, 6.07) is 5.33. The Kier molecular flexibility index (Phi) is 17.2. The van der Waals surface area contributed by atoms with Crippen molar-refractivity contribution in [1.82, 2.24) is 37.0 Å². The molecule has 8 amide bonds. The third-order valence-corrected chi connectivity index (χ3v) is 5.53. The minimum absolute atomic E-state index is 0.0900. The highest BCUT2D eigenvalue weighted by atomic mass is 16.6. The van der Waals surface area contributed by atoms with E-state index in [-0.39, 0.29) is 32.1 Å². The van der Waals surface area contributed by atoms with Crippen LogP contribution in [0.5, 0.6) is 0 Å². The number of nitrogens with one attached hydrogen (secondary N) is 7. The van der Waals surface area contributed by atoms with Crippen molar-refractivity contribution < 1.29 is 47.8 Å². The van der Waals surface area contributed by atoms with Gasteiger partial charge < -0.3 is 36.1 Å². The van der Waals surface area contributed by atoms with E-state index in [4.69, 9.17) is 4.74 Å². The average Bonchev–Trinajstić information content (AvgIpc) is 3.32. The molecule has 18 heteroatoms. The fourth-order valence-electron chi connectivity index (χ4n) is 3.40. The van der Waals surface area contributed by atoms with E-state index in [1.54, 1.807) is 52.1 Å². The van der Waals surface area contributed by atoms with Gasteiger partial charge in [0.1, 0.15) is 18.2 Å². The van der Waals surface area contributed by atoms with E-state index in [1.165, 1.54) is 6.92 Å². The number of hydrogen-bond acceptors (Lipinski definition) is 11. The first-order valence-corrected chi connectivity index (χ1v) is 14.4. The summed E-state index contributed by atoms with van der Waals surface area (Å²) in [7, 11) is 1.58. The molecule has 1 aromatic carbocycles. The molecule has 1 aliphatic rings. The fourth-order valence-corrected chi connectivity index (χ4v) is 3.40. The molecule has 0 bridgehead atoms. The van der Waals surface area contributed by atoms with Gasteiger partial charge in [0, 0.05) is 50.9 Å². The molecule has 0 saturated heterocycles. The first-order valence-electron chi connectivity index (χ1n) is 14.4. The highest BCUT2D eigenvalue weighted by Gasteiger charge is 2.24. The Labute approximate surface area is 271 Å². The van der Waals surface area contributed by atoms with Crippen LogP contribution in [0.15, 0.2) is 36.4 Å². The van der Waals surface area contributed by atoms with Gasteiger partial charge in [-0.3, -0.25) is 39.1 Å². The SMILES string of the molecule is CC(NC(=O)CCN1C(=O)C=CC1=O)C(=O)NCC(=O)Nc1ccc(COC=O)cc1.CNNC(=O)NCCNC(=O)OC(C)(C)C. The van der Waals surface area contributed by atoms with E-state index in [0.29, 0.717) is 25.2 Å². The zero-order valence-corrected chi connectivity index (χ0v) is 26.9. The number of nitrogens with zero attached hydrogens (tertiary/aromatic N) is 1. The number of hydrazine groups is 1. The van der Waals surface area contributed by atoms with Crippen LogP contribution in [-0.4, -0.2) is 97.9 Å². The largest absolute Gasteiger partial charge is 0.463 e. The molecular formula is C29H42N8O10. The first-order chi connectivity index (χ1) is 22.1. The quantitative estimate of drug-likeness (QED) is 0.0529. The Morgan fingerprint density at radius 1 is 0.915 bits per heavy atom. The zero-order chi connectivity index (χ0) is 35.4. The van der Waals surface area contributed by atoms with Crippen LogP contribution >= 0.6 is 0 Å². The number of urea groups is 1. The normalized spacial score (nSPS) is 12.5.